The van der Waals surface area contributed by atoms with E-state index >= 15 is 0 Å². The van der Waals surface area contributed by atoms with Gasteiger partial charge in [0.05, 0.1) is 22.2 Å². The van der Waals surface area contributed by atoms with Crippen LogP contribution in [0.4, 0.5) is 17.6 Å². The predicted molar refractivity (Wildman–Crippen MR) is 123 cm³/mol. The zero-order valence-electron chi connectivity index (χ0n) is 18.3. The van der Waals surface area contributed by atoms with Crippen molar-refractivity contribution >= 4 is 22.1 Å². The van der Waals surface area contributed by atoms with Gasteiger partial charge in [-0.05, 0) is 41.5 Å². The third-order valence-electron chi connectivity index (χ3n) is 5.32. The highest BCUT2D eigenvalue weighted by Crippen LogP contribution is 2.34. The highest BCUT2D eigenvalue weighted by molar-refractivity contribution is 7.15. The van der Waals surface area contributed by atoms with Gasteiger partial charge >= 0.3 is 6.18 Å². The fourth-order valence-corrected chi connectivity index (χ4v) is 4.73. The van der Waals surface area contributed by atoms with Gasteiger partial charge in [0.25, 0.3) is 0 Å². The normalized spacial score (nSPS) is 12.9. The van der Waals surface area contributed by atoms with Crippen molar-refractivity contribution in [2.24, 2.45) is 5.73 Å². The van der Waals surface area contributed by atoms with Crippen molar-refractivity contribution in [1.29, 1.82) is 0 Å². The number of thiazole rings is 1. The number of nitrogens with zero attached hydrogens (tertiary/aromatic N) is 3. The molecule has 0 amide bonds. The fraction of sp³-hybridized carbons (Fsp3) is 0.292. The van der Waals surface area contributed by atoms with Gasteiger partial charge in [0, 0.05) is 43.4 Å². The number of alkyl halides is 3. The van der Waals surface area contributed by atoms with Crippen LogP contribution in [0.25, 0.3) is 21.2 Å². The molecule has 0 saturated carbocycles. The number of nitrogens with two attached hydrogens (primary N) is 1. The second-order valence-electron chi connectivity index (χ2n) is 7.94. The van der Waals surface area contributed by atoms with E-state index < -0.39 is 17.8 Å². The monoisotopic (exact) mass is 490 g/mol. The third-order valence-corrected chi connectivity index (χ3v) is 6.52. The van der Waals surface area contributed by atoms with Gasteiger partial charge in [0.15, 0.2) is 0 Å². The summed E-state index contributed by atoms with van der Waals surface area (Å²) in [5.74, 6) is -0.538. The van der Waals surface area contributed by atoms with Crippen LogP contribution in [0.3, 0.4) is 0 Å². The van der Waals surface area contributed by atoms with Gasteiger partial charge < -0.3 is 10.5 Å². The second kappa shape index (κ2) is 10.1. The zero-order valence-corrected chi connectivity index (χ0v) is 19.1. The summed E-state index contributed by atoms with van der Waals surface area (Å²) in [5, 5.41) is 2.46. The number of aromatic nitrogens is 3. The summed E-state index contributed by atoms with van der Waals surface area (Å²) in [7, 11) is 1.60. The molecule has 0 spiro atoms. The molecule has 0 radical (unpaired) electrons. The van der Waals surface area contributed by atoms with E-state index in [9.17, 15) is 17.6 Å². The van der Waals surface area contributed by atoms with Gasteiger partial charge in [-0.15, -0.1) is 11.3 Å². The number of methoxy groups -OCH3 is 1. The minimum atomic E-state index is -4.46. The highest BCUT2D eigenvalue weighted by Gasteiger charge is 2.32. The molecule has 1 aromatic carbocycles. The maximum atomic E-state index is 13.6. The lowest BCUT2D eigenvalue weighted by atomic mass is 10.0. The van der Waals surface area contributed by atoms with Gasteiger partial charge in [-0.3, -0.25) is 4.98 Å². The molecule has 10 heteroatoms. The molecule has 0 aliphatic heterocycles. The van der Waals surface area contributed by atoms with Gasteiger partial charge in [-0.2, -0.15) is 17.6 Å². The third kappa shape index (κ3) is 5.75. The first-order valence-electron chi connectivity index (χ1n) is 10.5. The van der Waals surface area contributed by atoms with Crippen LogP contribution in [0, 0.1) is 5.95 Å². The number of pyridine rings is 2. The lowest BCUT2D eigenvalue weighted by Gasteiger charge is -2.11. The van der Waals surface area contributed by atoms with Crippen LogP contribution in [0.15, 0.2) is 48.8 Å². The number of halogens is 4. The summed E-state index contributed by atoms with van der Waals surface area (Å²) >= 11 is 1.52. The number of hydrogen-bond acceptors (Lipinski definition) is 6. The molecule has 0 aliphatic rings. The number of rotatable bonds is 8. The second-order valence-corrected chi connectivity index (χ2v) is 9.02. The fourth-order valence-electron chi connectivity index (χ4n) is 3.65. The van der Waals surface area contributed by atoms with E-state index in [1.165, 1.54) is 35.9 Å². The van der Waals surface area contributed by atoms with Gasteiger partial charge in [0.1, 0.15) is 5.69 Å². The van der Waals surface area contributed by atoms with Crippen molar-refractivity contribution in [3.05, 3.63) is 76.7 Å². The lowest BCUT2D eigenvalue weighted by molar-refractivity contribution is -0.141. The Morgan fingerprint density at radius 2 is 1.88 bits per heavy atom. The predicted octanol–water partition coefficient (Wildman–Crippen LogP) is 5.56. The number of ether oxygens (including phenoxy) is 1. The molecule has 0 bridgehead atoms. The van der Waals surface area contributed by atoms with Crippen LogP contribution < -0.4 is 5.73 Å². The molecule has 4 aromatic rings. The Morgan fingerprint density at radius 3 is 2.59 bits per heavy atom. The summed E-state index contributed by atoms with van der Waals surface area (Å²) in [6.07, 6.45) is -0.107. The van der Waals surface area contributed by atoms with Crippen LogP contribution in [-0.4, -0.2) is 28.1 Å². The average Bonchev–Trinajstić information content (AvgIpc) is 3.20. The highest BCUT2D eigenvalue weighted by atomic mass is 32.1. The van der Waals surface area contributed by atoms with Gasteiger partial charge in [0.2, 0.25) is 5.95 Å². The standard InChI is InChI=1S/C24H22F4N4OS/c1-33-13-19-23(15-3-4-16-12-31-21(25)10-17(16)9-15)34-22(32-19)7-5-18(29)8-14-2-6-20(30-11-14)24(26,27)28/h2-4,6,9-12,18H,5,7-8,13,29H2,1H3. The summed E-state index contributed by atoms with van der Waals surface area (Å²) in [5.41, 5.74) is 7.66. The van der Waals surface area contributed by atoms with Crippen LogP contribution in [0.1, 0.15) is 28.4 Å². The molecule has 34 heavy (non-hydrogen) atoms. The van der Waals surface area contributed by atoms with E-state index in [4.69, 9.17) is 15.5 Å². The molecule has 3 heterocycles. The van der Waals surface area contributed by atoms with Crippen molar-refractivity contribution in [3.8, 4) is 10.4 Å². The van der Waals surface area contributed by atoms with E-state index in [0.717, 1.165) is 38.0 Å². The van der Waals surface area contributed by atoms with Crippen molar-refractivity contribution in [2.75, 3.05) is 7.11 Å². The average molecular weight is 491 g/mol. The zero-order chi connectivity index (χ0) is 24.3. The summed E-state index contributed by atoms with van der Waals surface area (Å²) < 4.78 is 56.9. The van der Waals surface area contributed by atoms with Crippen molar-refractivity contribution in [2.45, 2.75) is 38.1 Å². The molecule has 5 nitrogen and oxygen atoms in total. The molecule has 3 aromatic heterocycles. The SMILES string of the molecule is COCc1nc(CCC(N)Cc2ccc(C(F)(F)F)nc2)sc1-c1ccc2cnc(F)cc2c1. The van der Waals surface area contributed by atoms with E-state index in [0.29, 0.717) is 31.4 Å². The first-order valence-corrected chi connectivity index (χ1v) is 11.4. The number of aryl methyl sites for hydroxylation is 1. The summed E-state index contributed by atoms with van der Waals surface area (Å²) in [6.45, 7) is 0.331. The Bertz CT molecular complexity index is 1270. The van der Waals surface area contributed by atoms with E-state index in [1.54, 1.807) is 7.11 Å². The van der Waals surface area contributed by atoms with Crippen LogP contribution in [0.2, 0.25) is 0 Å². The Balaban J connectivity index is 1.46. The first kappa shape index (κ1) is 24.2. The number of fused-ring (bicyclic) bond motifs is 1. The Morgan fingerprint density at radius 1 is 1.06 bits per heavy atom. The van der Waals surface area contributed by atoms with Crippen molar-refractivity contribution < 1.29 is 22.3 Å². The van der Waals surface area contributed by atoms with E-state index in [2.05, 4.69) is 9.97 Å². The van der Waals surface area contributed by atoms with Gasteiger partial charge in [-0.1, -0.05) is 18.2 Å². The largest absolute Gasteiger partial charge is 0.433 e. The topological polar surface area (TPSA) is 73.9 Å². The first-order chi connectivity index (χ1) is 16.2. The molecular weight excluding hydrogens is 468 g/mol. The van der Waals surface area contributed by atoms with E-state index in [1.807, 2.05) is 18.2 Å². The van der Waals surface area contributed by atoms with Crippen LogP contribution in [0.5, 0.6) is 0 Å². The Kier molecular flexibility index (Phi) is 7.20. The maximum absolute atomic E-state index is 13.6. The van der Waals surface area contributed by atoms with E-state index in [-0.39, 0.29) is 6.04 Å². The molecular formula is C24H22F4N4OS. The van der Waals surface area contributed by atoms with Gasteiger partial charge in [-0.25, -0.2) is 9.97 Å². The molecule has 2 N–H and O–H groups in total. The minimum Gasteiger partial charge on any atom is -0.378 e. The number of hydrogen-bond donors (Lipinski definition) is 1. The Labute approximate surface area is 197 Å². The molecule has 4 rings (SSSR count). The summed E-state index contributed by atoms with van der Waals surface area (Å²) in [4.78, 5) is 12.8. The quantitative estimate of drug-likeness (QED) is 0.259. The van der Waals surface area contributed by atoms with Crippen LogP contribution >= 0.6 is 11.3 Å². The molecule has 1 unspecified atom stereocenters. The minimum absolute atomic E-state index is 0.257. The van der Waals surface area contributed by atoms with Crippen molar-refractivity contribution in [3.63, 3.8) is 0 Å². The molecule has 0 fully saturated rings. The van der Waals surface area contributed by atoms with Crippen LogP contribution in [-0.2, 0) is 30.4 Å². The summed E-state index contributed by atoms with van der Waals surface area (Å²) in [6, 6.07) is 9.26. The van der Waals surface area contributed by atoms with Crippen molar-refractivity contribution in [1.82, 2.24) is 15.0 Å². The smallest absolute Gasteiger partial charge is 0.378 e. The molecule has 0 aliphatic carbocycles. The maximum Gasteiger partial charge on any atom is 0.433 e. The molecule has 0 saturated heterocycles. The molecule has 1 atom stereocenters. The lowest BCUT2D eigenvalue weighted by Crippen LogP contribution is -2.23. The Hall–Kier alpha value is -2.95. The number of benzene rings is 1. The molecule has 178 valence electrons.